The smallest absolute Gasteiger partial charge is 0.328 e. The molecule has 0 spiro atoms. The van der Waals surface area contributed by atoms with E-state index in [9.17, 15) is 4.79 Å². The van der Waals surface area contributed by atoms with Crippen LogP contribution >= 0.6 is 22.9 Å². The third-order valence-electron chi connectivity index (χ3n) is 2.81. The second-order valence-corrected chi connectivity index (χ2v) is 6.05. The number of halogens is 1. The molecule has 0 aliphatic carbocycles. The molecule has 0 aliphatic rings. The van der Waals surface area contributed by atoms with Crippen molar-refractivity contribution in [3.05, 3.63) is 56.7 Å². The van der Waals surface area contributed by atoms with Crippen LogP contribution in [-0.2, 0) is 17.8 Å². The van der Waals surface area contributed by atoms with Gasteiger partial charge < -0.3 is 9.84 Å². The molecule has 0 unspecified atom stereocenters. The SMILES string of the molecule is CCc1ccc(COc2ccc(Cl)cc2/C=C/C(=O)O)s1. The molecule has 5 heteroatoms. The monoisotopic (exact) mass is 322 g/mol. The minimum atomic E-state index is -1.01. The van der Waals surface area contributed by atoms with E-state index in [1.165, 1.54) is 11.0 Å². The molecular weight excluding hydrogens is 308 g/mol. The fourth-order valence-electron chi connectivity index (χ4n) is 1.78. The Morgan fingerprint density at radius 2 is 2.10 bits per heavy atom. The van der Waals surface area contributed by atoms with E-state index >= 15 is 0 Å². The number of carboxylic acid groups (broad SMARTS) is 1. The van der Waals surface area contributed by atoms with E-state index in [0.29, 0.717) is 22.9 Å². The topological polar surface area (TPSA) is 46.5 Å². The highest BCUT2D eigenvalue weighted by atomic mass is 35.5. The molecule has 1 heterocycles. The van der Waals surface area contributed by atoms with Crippen molar-refractivity contribution in [3.8, 4) is 5.75 Å². The highest BCUT2D eigenvalue weighted by Gasteiger charge is 2.05. The van der Waals surface area contributed by atoms with Crippen LogP contribution in [0.5, 0.6) is 5.75 Å². The van der Waals surface area contributed by atoms with Crippen molar-refractivity contribution in [2.24, 2.45) is 0 Å². The lowest BCUT2D eigenvalue weighted by molar-refractivity contribution is -0.131. The van der Waals surface area contributed by atoms with Gasteiger partial charge in [0.25, 0.3) is 0 Å². The molecule has 2 rings (SSSR count). The Balaban J connectivity index is 2.13. The molecule has 1 aromatic heterocycles. The molecule has 0 atom stereocenters. The predicted octanol–water partition coefficient (Wildman–Crippen LogP) is 4.64. The maximum absolute atomic E-state index is 10.6. The molecule has 0 radical (unpaired) electrons. The van der Waals surface area contributed by atoms with E-state index in [2.05, 4.69) is 13.0 Å². The fraction of sp³-hybridized carbons (Fsp3) is 0.188. The molecule has 2 aromatic rings. The van der Waals surface area contributed by atoms with Crippen molar-refractivity contribution in [2.75, 3.05) is 0 Å². The average Bonchev–Trinajstić information content (AvgIpc) is 2.92. The third kappa shape index (κ3) is 4.62. The minimum absolute atomic E-state index is 0.459. The standard InChI is InChI=1S/C16H15ClO3S/c1-2-13-5-6-14(21-13)10-20-15-7-4-12(17)9-11(15)3-8-16(18)19/h3-9H,2,10H2,1H3,(H,18,19)/b8-3+. The molecule has 0 bridgehead atoms. The summed E-state index contributed by atoms with van der Waals surface area (Å²) >= 11 is 7.65. The summed E-state index contributed by atoms with van der Waals surface area (Å²) in [6, 6.07) is 9.30. The number of aliphatic carboxylic acids is 1. The van der Waals surface area contributed by atoms with Crippen molar-refractivity contribution in [1.29, 1.82) is 0 Å². The van der Waals surface area contributed by atoms with E-state index in [1.807, 2.05) is 6.07 Å². The van der Waals surface area contributed by atoms with Gasteiger partial charge in [0.1, 0.15) is 12.4 Å². The van der Waals surface area contributed by atoms with Crippen LogP contribution in [0.1, 0.15) is 22.2 Å². The second-order valence-electron chi connectivity index (χ2n) is 4.36. The van der Waals surface area contributed by atoms with Crippen LogP contribution < -0.4 is 4.74 Å². The fourth-order valence-corrected chi connectivity index (χ4v) is 2.83. The number of aryl methyl sites for hydroxylation is 1. The zero-order valence-corrected chi connectivity index (χ0v) is 13.1. The second kappa shape index (κ2) is 7.29. The zero-order valence-electron chi connectivity index (χ0n) is 11.5. The minimum Gasteiger partial charge on any atom is -0.487 e. The molecule has 3 nitrogen and oxygen atoms in total. The maximum Gasteiger partial charge on any atom is 0.328 e. The van der Waals surface area contributed by atoms with Gasteiger partial charge in [0.05, 0.1) is 0 Å². The Morgan fingerprint density at radius 3 is 2.76 bits per heavy atom. The van der Waals surface area contributed by atoms with Crippen LogP contribution in [0.4, 0.5) is 0 Å². The Morgan fingerprint density at radius 1 is 1.33 bits per heavy atom. The number of benzene rings is 1. The number of hydrogen-bond donors (Lipinski definition) is 1. The van der Waals surface area contributed by atoms with Gasteiger partial charge in [-0.2, -0.15) is 0 Å². The number of carbonyl (C=O) groups is 1. The molecule has 1 N–H and O–H groups in total. The molecule has 110 valence electrons. The number of hydrogen-bond acceptors (Lipinski definition) is 3. The molecule has 0 fully saturated rings. The average molecular weight is 323 g/mol. The van der Waals surface area contributed by atoms with Crippen LogP contribution in [0, 0.1) is 0 Å². The lowest BCUT2D eigenvalue weighted by Gasteiger charge is -2.08. The molecular formula is C16H15ClO3S. The highest BCUT2D eigenvalue weighted by molar-refractivity contribution is 7.11. The van der Waals surface area contributed by atoms with Gasteiger partial charge in [-0.1, -0.05) is 18.5 Å². The van der Waals surface area contributed by atoms with Crippen molar-refractivity contribution in [2.45, 2.75) is 20.0 Å². The normalized spacial score (nSPS) is 11.0. The summed E-state index contributed by atoms with van der Waals surface area (Å²) in [4.78, 5) is 13.1. The largest absolute Gasteiger partial charge is 0.487 e. The summed E-state index contributed by atoms with van der Waals surface area (Å²) in [6.07, 6.45) is 3.56. The maximum atomic E-state index is 10.6. The molecule has 1 aromatic carbocycles. The van der Waals surface area contributed by atoms with Gasteiger partial charge in [-0.15, -0.1) is 11.3 Å². The van der Waals surface area contributed by atoms with Gasteiger partial charge in [-0.05, 0) is 42.8 Å². The van der Waals surface area contributed by atoms with Crippen molar-refractivity contribution in [1.82, 2.24) is 0 Å². The number of thiophene rings is 1. The Hall–Kier alpha value is -1.78. The summed E-state index contributed by atoms with van der Waals surface area (Å²) in [6.45, 7) is 2.57. The van der Waals surface area contributed by atoms with E-state index in [4.69, 9.17) is 21.4 Å². The number of ether oxygens (including phenoxy) is 1. The van der Waals surface area contributed by atoms with Crippen LogP contribution in [0.3, 0.4) is 0 Å². The van der Waals surface area contributed by atoms with Gasteiger partial charge in [0, 0.05) is 26.4 Å². The van der Waals surface area contributed by atoms with Crippen LogP contribution in [0.2, 0.25) is 5.02 Å². The Kier molecular flexibility index (Phi) is 5.42. The van der Waals surface area contributed by atoms with E-state index in [1.54, 1.807) is 29.5 Å². The van der Waals surface area contributed by atoms with Crippen LogP contribution in [0.25, 0.3) is 6.08 Å². The van der Waals surface area contributed by atoms with E-state index in [-0.39, 0.29) is 0 Å². The quantitative estimate of drug-likeness (QED) is 0.788. The van der Waals surface area contributed by atoms with Crippen molar-refractivity contribution in [3.63, 3.8) is 0 Å². The lowest BCUT2D eigenvalue weighted by atomic mass is 10.2. The first-order valence-corrected chi connectivity index (χ1v) is 7.69. The summed E-state index contributed by atoms with van der Waals surface area (Å²) in [5.74, 6) is -0.393. The first-order valence-electron chi connectivity index (χ1n) is 6.49. The van der Waals surface area contributed by atoms with Gasteiger partial charge in [0.15, 0.2) is 0 Å². The lowest BCUT2D eigenvalue weighted by Crippen LogP contribution is -1.95. The van der Waals surface area contributed by atoms with Crippen molar-refractivity contribution >= 4 is 35.0 Å². The summed E-state index contributed by atoms with van der Waals surface area (Å²) in [7, 11) is 0. The van der Waals surface area contributed by atoms with Gasteiger partial charge in [-0.3, -0.25) is 0 Å². The van der Waals surface area contributed by atoms with E-state index < -0.39 is 5.97 Å². The highest BCUT2D eigenvalue weighted by Crippen LogP contribution is 2.26. The van der Waals surface area contributed by atoms with E-state index in [0.717, 1.165) is 17.4 Å². The molecule has 0 saturated carbocycles. The first-order chi connectivity index (χ1) is 10.1. The molecule has 0 aliphatic heterocycles. The summed E-state index contributed by atoms with van der Waals surface area (Å²) in [5, 5.41) is 9.25. The first kappa shape index (κ1) is 15.6. The van der Waals surface area contributed by atoms with Gasteiger partial charge >= 0.3 is 5.97 Å². The number of rotatable bonds is 6. The Labute approximate surface area is 132 Å². The van der Waals surface area contributed by atoms with Gasteiger partial charge in [0.2, 0.25) is 0 Å². The zero-order chi connectivity index (χ0) is 15.2. The Bertz CT molecular complexity index is 661. The van der Waals surface area contributed by atoms with Gasteiger partial charge in [-0.25, -0.2) is 4.79 Å². The predicted molar refractivity (Wildman–Crippen MR) is 86.2 cm³/mol. The molecule has 0 saturated heterocycles. The van der Waals surface area contributed by atoms with Crippen LogP contribution in [-0.4, -0.2) is 11.1 Å². The summed E-state index contributed by atoms with van der Waals surface area (Å²) < 4.78 is 5.78. The van der Waals surface area contributed by atoms with Crippen molar-refractivity contribution < 1.29 is 14.6 Å². The van der Waals surface area contributed by atoms with Crippen LogP contribution in [0.15, 0.2) is 36.4 Å². The summed E-state index contributed by atoms with van der Waals surface area (Å²) in [5.41, 5.74) is 0.650. The number of carboxylic acids is 1. The molecule has 0 amide bonds. The third-order valence-corrected chi connectivity index (χ3v) is 4.25. The molecule has 21 heavy (non-hydrogen) atoms.